The summed E-state index contributed by atoms with van der Waals surface area (Å²) in [7, 11) is 0. The number of pyridine rings is 2. The van der Waals surface area contributed by atoms with Crippen LogP contribution in [0, 0.1) is 23.7 Å². The number of aliphatic carboxylic acids is 1. The Morgan fingerprint density at radius 1 is 0.512 bits per heavy atom. The van der Waals surface area contributed by atoms with Crippen molar-refractivity contribution in [1.29, 1.82) is 0 Å². The summed E-state index contributed by atoms with van der Waals surface area (Å²) in [6.45, 7) is 2.69. The molecule has 10 atom stereocenters. The Bertz CT molecular complexity index is 3770. The molecule has 0 bridgehead atoms. The second-order valence-electron chi connectivity index (χ2n) is 22.5. The molecular formula is C68H57F6N2NaO7. The number of fused-ring (bicyclic) bond motifs is 8. The summed E-state index contributed by atoms with van der Waals surface area (Å²) in [4.78, 5) is 32.5. The SMILES string of the molecule is CCOC(=O)[C@H]1[C@@H]2Cc3cc(OCc4ccc5c(c4)C(c4ccccc4C(F)(F)F)CC5c4ccccc4)ncc3[C@@H]21.O=C(O)[C@H]1[C@@H]2Cc3cc(OCc4ccc5c(c4)C(c4ccccc4C(F)(F)F)CC5c4ccccc4)ncc3[C@@H]21.[Na+].[OH-]. The van der Waals surface area contributed by atoms with Crippen LogP contribution in [0.15, 0.2) is 170 Å². The van der Waals surface area contributed by atoms with E-state index in [0.29, 0.717) is 42.3 Å². The molecule has 16 heteroatoms. The number of carboxylic acids is 1. The number of esters is 1. The normalized spacial score (nSPS) is 23.3. The largest absolute Gasteiger partial charge is 1.00 e. The van der Waals surface area contributed by atoms with Gasteiger partial charge in [-0.3, -0.25) is 9.59 Å². The minimum Gasteiger partial charge on any atom is -0.870 e. The molecule has 0 aliphatic heterocycles. The molecule has 84 heavy (non-hydrogen) atoms. The smallest absolute Gasteiger partial charge is 0.870 e. The van der Waals surface area contributed by atoms with Gasteiger partial charge in [0, 0.05) is 60.0 Å². The van der Waals surface area contributed by atoms with Gasteiger partial charge in [0.25, 0.3) is 0 Å². The number of benzene rings is 6. The van der Waals surface area contributed by atoms with E-state index in [0.717, 1.165) is 79.6 Å². The van der Waals surface area contributed by atoms with Crippen LogP contribution < -0.4 is 39.0 Å². The number of nitrogens with zero attached hydrogens (tertiary/aromatic N) is 2. The van der Waals surface area contributed by atoms with Crippen LogP contribution in [0.1, 0.15) is 144 Å². The number of ether oxygens (including phenoxy) is 3. The molecule has 2 heterocycles. The fourth-order valence-electron chi connectivity index (χ4n) is 14.3. The number of carbonyl (C=O) groups is 2. The Morgan fingerprint density at radius 3 is 1.36 bits per heavy atom. The van der Waals surface area contributed by atoms with Gasteiger partial charge in [0.2, 0.25) is 11.8 Å². The summed E-state index contributed by atoms with van der Waals surface area (Å²) in [5.74, 6) is -0.381. The molecular weight excluding hydrogens is 1090 g/mol. The van der Waals surface area contributed by atoms with Crippen LogP contribution in [0.5, 0.6) is 11.8 Å². The van der Waals surface area contributed by atoms with Gasteiger partial charge >= 0.3 is 53.8 Å². The van der Waals surface area contributed by atoms with E-state index >= 15 is 0 Å². The number of hydrogen-bond acceptors (Lipinski definition) is 8. The molecule has 4 unspecified atom stereocenters. The van der Waals surface area contributed by atoms with Crippen molar-refractivity contribution in [3.8, 4) is 11.8 Å². The van der Waals surface area contributed by atoms with E-state index < -0.39 is 35.4 Å². The minimum absolute atomic E-state index is 0. The molecule has 424 valence electrons. The second kappa shape index (κ2) is 23.3. The van der Waals surface area contributed by atoms with Crippen molar-refractivity contribution in [2.45, 2.75) is 93.7 Å². The van der Waals surface area contributed by atoms with Crippen LogP contribution in [0.2, 0.25) is 0 Å². The number of hydrogen-bond donors (Lipinski definition) is 1. The van der Waals surface area contributed by atoms with Crippen molar-refractivity contribution in [3.05, 3.63) is 259 Å². The Morgan fingerprint density at radius 2 is 0.929 bits per heavy atom. The standard InChI is InChI=1S/C35H30F3NO3.C33H26F3NO3.Na.H2O/c1-2-41-34(40)33-28-15-22-16-31(39-18-29(22)32(28)33)42-19-20-12-13-23-25(21-8-4-3-5-9-21)17-27(26(23)14-20)24-10-6-7-11-30(24)35(36,37)38;34-33(35,36)28-9-5-4-8-22(28)25-15-23(19-6-2-1-3-7-19)21-11-10-18(12-24(21)25)17-40-29-14-20-13-26-30(27(20)16-37-29)31(26)32(38)39;;/h3-14,16,18,25,27-28,32-33H,2,15,17,19H2,1H3;1-12,14,16,23,25-26,30-31H,13,15,17H2,(H,38,39);;1H2/q;;+1;/p-1/t25?,27?,28-,32-,33+;23?,25?,26-,30-,31+;;/m11../s1. The van der Waals surface area contributed by atoms with Crippen LogP contribution in [0.3, 0.4) is 0 Å². The summed E-state index contributed by atoms with van der Waals surface area (Å²) < 4.78 is 102. The quantitative estimate of drug-likeness (QED) is 0.0679. The second-order valence-corrected chi connectivity index (χ2v) is 22.5. The van der Waals surface area contributed by atoms with Crippen LogP contribution in [0.4, 0.5) is 26.3 Å². The van der Waals surface area contributed by atoms with Gasteiger partial charge in [0.1, 0.15) is 13.2 Å². The van der Waals surface area contributed by atoms with Gasteiger partial charge in [0.05, 0.1) is 29.6 Å². The molecule has 2 aromatic heterocycles. The predicted molar refractivity (Wildman–Crippen MR) is 295 cm³/mol. The molecule has 0 saturated heterocycles. The van der Waals surface area contributed by atoms with Gasteiger partial charge in [-0.2, -0.15) is 26.3 Å². The predicted octanol–water partition coefficient (Wildman–Crippen LogP) is 11.9. The third kappa shape index (κ3) is 11.0. The molecule has 9 nitrogen and oxygen atoms in total. The number of carbonyl (C=O) groups excluding carboxylic acids is 1. The first kappa shape index (κ1) is 58.5. The summed E-state index contributed by atoms with van der Waals surface area (Å²) in [5.41, 5.74) is 11.6. The first-order valence-electron chi connectivity index (χ1n) is 27.9. The average Bonchev–Trinajstić information content (AvgIpc) is 1.64. The molecule has 2 fully saturated rings. The first-order valence-corrected chi connectivity index (χ1v) is 27.9. The van der Waals surface area contributed by atoms with Crippen molar-refractivity contribution < 1.29 is 90.3 Å². The molecule has 0 amide bonds. The average molecular weight is 1150 g/mol. The van der Waals surface area contributed by atoms with Crippen LogP contribution in [0.25, 0.3) is 0 Å². The van der Waals surface area contributed by atoms with Crippen molar-refractivity contribution in [3.63, 3.8) is 0 Å². The maximum Gasteiger partial charge on any atom is 1.00 e. The third-order valence-electron chi connectivity index (χ3n) is 18.0. The maximum atomic E-state index is 14.1. The van der Waals surface area contributed by atoms with Crippen molar-refractivity contribution >= 4 is 11.9 Å². The monoisotopic (exact) mass is 1150 g/mol. The van der Waals surface area contributed by atoms with Gasteiger partial charge in [-0.25, -0.2) is 9.97 Å². The van der Waals surface area contributed by atoms with Gasteiger partial charge < -0.3 is 24.8 Å². The van der Waals surface area contributed by atoms with Crippen molar-refractivity contribution in [1.82, 2.24) is 9.97 Å². The Kier molecular flexibility index (Phi) is 16.2. The molecule has 6 aliphatic rings. The van der Waals surface area contributed by atoms with Crippen molar-refractivity contribution in [2.24, 2.45) is 23.7 Å². The molecule has 8 aromatic rings. The van der Waals surface area contributed by atoms with Gasteiger partial charge in [0.15, 0.2) is 0 Å². The van der Waals surface area contributed by atoms with E-state index in [4.69, 9.17) is 14.2 Å². The van der Waals surface area contributed by atoms with Gasteiger partial charge in [-0.1, -0.05) is 133 Å². The number of alkyl halides is 6. The summed E-state index contributed by atoms with van der Waals surface area (Å²) >= 11 is 0. The third-order valence-corrected chi connectivity index (χ3v) is 18.0. The van der Waals surface area contributed by atoms with Gasteiger partial charge in [-0.05, 0) is 134 Å². The molecule has 2 saturated carbocycles. The summed E-state index contributed by atoms with van der Waals surface area (Å²) in [6.07, 6.45) is -2.67. The van der Waals surface area contributed by atoms with Crippen LogP contribution in [-0.4, -0.2) is 39.1 Å². The molecule has 0 radical (unpaired) electrons. The zero-order valence-electron chi connectivity index (χ0n) is 46.0. The number of rotatable bonds is 13. The fourth-order valence-corrected chi connectivity index (χ4v) is 14.3. The van der Waals surface area contributed by atoms with E-state index in [1.54, 1.807) is 30.5 Å². The van der Waals surface area contributed by atoms with Crippen molar-refractivity contribution in [2.75, 3.05) is 6.61 Å². The molecule has 6 aliphatic carbocycles. The van der Waals surface area contributed by atoms with Gasteiger partial charge in [-0.15, -0.1) is 0 Å². The Hall–Kier alpha value is -7.30. The maximum absolute atomic E-state index is 14.1. The zero-order chi connectivity index (χ0) is 56.6. The molecule has 0 spiro atoms. The zero-order valence-corrected chi connectivity index (χ0v) is 48.0. The van der Waals surface area contributed by atoms with E-state index in [2.05, 4.69) is 9.97 Å². The number of aromatic nitrogens is 2. The van der Waals surface area contributed by atoms with Crippen LogP contribution >= 0.6 is 0 Å². The molecule has 6 aromatic carbocycles. The number of halogens is 6. The Balaban J connectivity index is 0.000000171. The van der Waals surface area contributed by atoms with E-state index in [1.165, 1.54) is 24.3 Å². The van der Waals surface area contributed by atoms with E-state index in [-0.39, 0.29) is 107 Å². The summed E-state index contributed by atoms with van der Waals surface area (Å²) in [5, 5.41) is 9.34. The molecule has 2 N–H and O–H groups in total. The van der Waals surface area contributed by atoms with E-state index in [1.807, 2.05) is 122 Å². The first-order chi connectivity index (χ1) is 39.6. The number of carboxylic acid groups (broad SMARTS) is 1. The molecule has 14 rings (SSSR count). The fraction of sp³-hybridized carbons (Fsp3) is 0.294. The van der Waals surface area contributed by atoms with E-state index in [9.17, 15) is 41.0 Å². The van der Waals surface area contributed by atoms with Crippen LogP contribution in [-0.2, 0) is 52.7 Å². The summed E-state index contributed by atoms with van der Waals surface area (Å²) in [6, 6.07) is 47.6. The minimum atomic E-state index is -4.44. The topological polar surface area (TPSA) is 138 Å². The Labute approximate surface area is 504 Å².